The molecule has 5 amide bonds. The standard InChI is InChI=1S/C27H21Cl2N3O6/c1-15-5-3-7-18(9-15)30-23(33)14-38-24-21(29)11-16(12-22(24)37-2)10-20-25(34)31-27(36)32(26(20)35)19-8-4-6-17(28)13-19/h3-13H,14H2,1-2H3,(H,30,33)(H,31,34,36)/b20-10+. The summed E-state index contributed by atoms with van der Waals surface area (Å²) in [5.41, 5.74) is 1.82. The number of ether oxygens (including phenoxy) is 2. The summed E-state index contributed by atoms with van der Waals surface area (Å²) in [5, 5.41) is 5.26. The summed E-state index contributed by atoms with van der Waals surface area (Å²) in [4.78, 5) is 51.2. The molecule has 1 fully saturated rings. The minimum absolute atomic E-state index is 0.0750. The third-order valence-electron chi connectivity index (χ3n) is 5.38. The van der Waals surface area contributed by atoms with Crippen LogP contribution in [0.5, 0.6) is 11.5 Å². The third-order valence-corrected chi connectivity index (χ3v) is 5.90. The lowest BCUT2D eigenvalue weighted by atomic mass is 10.1. The molecule has 1 saturated heterocycles. The van der Waals surface area contributed by atoms with Crippen LogP contribution in [-0.4, -0.2) is 37.5 Å². The predicted molar refractivity (Wildman–Crippen MR) is 144 cm³/mol. The molecular formula is C27H21Cl2N3O6. The monoisotopic (exact) mass is 553 g/mol. The summed E-state index contributed by atoms with van der Waals surface area (Å²) in [6.07, 6.45) is 1.27. The van der Waals surface area contributed by atoms with Crippen molar-refractivity contribution in [3.63, 3.8) is 0 Å². The Kier molecular flexibility index (Phi) is 7.99. The molecule has 0 spiro atoms. The molecule has 0 bridgehead atoms. The largest absolute Gasteiger partial charge is 0.493 e. The Morgan fingerprint density at radius 2 is 1.82 bits per heavy atom. The highest BCUT2D eigenvalue weighted by Crippen LogP contribution is 2.37. The van der Waals surface area contributed by atoms with E-state index in [1.807, 2.05) is 25.1 Å². The van der Waals surface area contributed by atoms with Crippen molar-refractivity contribution in [2.75, 3.05) is 23.9 Å². The quantitative estimate of drug-likeness (QED) is 0.314. The summed E-state index contributed by atoms with van der Waals surface area (Å²) in [6.45, 7) is 1.56. The van der Waals surface area contributed by atoms with Gasteiger partial charge in [0.25, 0.3) is 17.7 Å². The minimum atomic E-state index is -0.900. The number of methoxy groups -OCH3 is 1. The van der Waals surface area contributed by atoms with E-state index < -0.39 is 23.8 Å². The first kappa shape index (κ1) is 26.7. The van der Waals surface area contributed by atoms with Gasteiger partial charge in [-0.15, -0.1) is 0 Å². The molecule has 4 rings (SSSR count). The zero-order chi connectivity index (χ0) is 27.4. The van der Waals surface area contributed by atoms with Crippen LogP contribution >= 0.6 is 23.2 Å². The number of halogens is 2. The number of anilines is 2. The second kappa shape index (κ2) is 11.4. The molecule has 194 valence electrons. The highest BCUT2D eigenvalue weighted by molar-refractivity contribution is 6.39. The summed E-state index contributed by atoms with van der Waals surface area (Å²) in [5.74, 6) is -1.86. The van der Waals surface area contributed by atoms with Crippen LogP contribution in [0.2, 0.25) is 10.0 Å². The van der Waals surface area contributed by atoms with Crippen LogP contribution in [0, 0.1) is 6.92 Å². The summed E-state index contributed by atoms with van der Waals surface area (Å²) < 4.78 is 11.0. The second-order valence-electron chi connectivity index (χ2n) is 8.18. The SMILES string of the molecule is COc1cc(/C=C2\C(=O)NC(=O)N(c3cccc(Cl)c3)C2=O)cc(Cl)c1OCC(=O)Nc1cccc(C)c1. The van der Waals surface area contributed by atoms with E-state index in [2.05, 4.69) is 10.6 Å². The van der Waals surface area contributed by atoms with E-state index in [-0.39, 0.29) is 34.4 Å². The zero-order valence-electron chi connectivity index (χ0n) is 20.2. The van der Waals surface area contributed by atoms with Gasteiger partial charge in [0.15, 0.2) is 18.1 Å². The normalized spacial score (nSPS) is 14.4. The molecule has 3 aromatic carbocycles. The lowest BCUT2D eigenvalue weighted by Crippen LogP contribution is -2.54. The molecule has 1 aliphatic heterocycles. The number of benzene rings is 3. The van der Waals surface area contributed by atoms with Gasteiger partial charge in [-0.2, -0.15) is 0 Å². The summed E-state index contributed by atoms with van der Waals surface area (Å²) in [6, 6.07) is 15.4. The van der Waals surface area contributed by atoms with E-state index in [9.17, 15) is 19.2 Å². The van der Waals surface area contributed by atoms with E-state index in [1.54, 1.807) is 18.2 Å². The zero-order valence-corrected chi connectivity index (χ0v) is 21.7. The van der Waals surface area contributed by atoms with Gasteiger partial charge >= 0.3 is 6.03 Å². The third kappa shape index (κ3) is 5.96. The molecule has 0 radical (unpaired) electrons. The maximum atomic E-state index is 13.1. The lowest BCUT2D eigenvalue weighted by molar-refractivity contribution is -0.122. The van der Waals surface area contributed by atoms with Crippen LogP contribution in [0.3, 0.4) is 0 Å². The molecule has 2 N–H and O–H groups in total. The molecule has 0 atom stereocenters. The Bertz CT molecular complexity index is 1490. The molecule has 9 nitrogen and oxygen atoms in total. The number of hydrogen-bond acceptors (Lipinski definition) is 6. The number of amides is 5. The minimum Gasteiger partial charge on any atom is -0.493 e. The highest BCUT2D eigenvalue weighted by atomic mass is 35.5. The van der Waals surface area contributed by atoms with Crippen LogP contribution in [-0.2, 0) is 14.4 Å². The van der Waals surface area contributed by atoms with Crippen LogP contribution < -0.4 is 25.0 Å². The number of nitrogens with one attached hydrogen (secondary N) is 2. The van der Waals surface area contributed by atoms with Gasteiger partial charge in [-0.05, 0) is 66.6 Å². The van der Waals surface area contributed by atoms with Gasteiger partial charge in [0, 0.05) is 10.7 Å². The first-order chi connectivity index (χ1) is 18.2. The van der Waals surface area contributed by atoms with E-state index in [0.29, 0.717) is 16.3 Å². The molecule has 1 aliphatic rings. The van der Waals surface area contributed by atoms with Gasteiger partial charge in [0.1, 0.15) is 5.57 Å². The highest BCUT2D eigenvalue weighted by Gasteiger charge is 2.37. The van der Waals surface area contributed by atoms with Gasteiger partial charge in [0.05, 0.1) is 17.8 Å². The fraction of sp³-hybridized carbons (Fsp3) is 0.111. The van der Waals surface area contributed by atoms with Crippen molar-refractivity contribution in [1.82, 2.24) is 5.32 Å². The maximum absolute atomic E-state index is 13.1. The van der Waals surface area contributed by atoms with Crippen LogP contribution in [0.25, 0.3) is 6.08 Å². The number of rotatable bonds is 7. The lowest BCUT2D eigenvalue weighted by Gasteiger charge is -2.26. The van der Waals surface area contributed by atoms with Gasteiger partial charge < -0.3 is 14.8 Å². The van der Waals surface area contributed by atoms with Crippen molar-refractivity contribution in [2.24, 2.45) is 0 Å². The van der Waals surface area contributed by atoms with Crippen molar-refractivity contribution in [1.29, 1.82) is 0 Å². The smallest absolute Gasteiger partial charge is 0.335 e. The molecule has 0 aliphatic carbocycles. The molecule has 3 aromatic rings. The average molecular weight is 554 g/mol. The van der Waals surface area contributed by atoms with Crippen molar-refractivity contribution >= 4 is 64.4 Å². The number of urea groups is 1. The first-order valence-electron chi connectivity index (χ1n) is 11.2. The molecular weight excluding hydrogens is 533 g/mol. The molecule has 38 heavy (non-hydrogen) atoms. The molecule has 1 heterocycles. The number of carbonyl (C=O) groups excluding carboxylic acids is 4. The molecule has 0 saturated carbocycles. The fourth-order valence-electron chi connectivity index (χ4n) is 3.69. The molecule has 0 unspecified atom stereocenters. The number of nitrogens with zero attached hydrogens (tertiary/aromatic N) is 1. The van der Waals surface area contributed by atoms with Crippen molar-refractivity contribution in [2.45, 2.75) is 6.92 Å². The van der Waals surface area contributed by atoms with Crippen LogP contribution in [0.15, 0.2) is 66.2 Å². The predicted octanol–water partition coefficient (Wildman–Crippen LogP) is 4.99. The Balaban J connectivity index is 1.56. The number of aryl methyl sites for hydroxylation is 1. The Morgan fingerprint density at radius 3 is 2.53 bits per heavy atom. The van der Waals surface area contributed by atoms with Crippen molar-refractivity contribution < 1.29 is 28.7 Å². The Morgan fingerprint density at radius 1 is 1.05 bits per heavy atom. The van der Waals surface area contributed by atoms with Gasteiger partial charge in [-0.1, -0.05) is 41.4 Å². The van der Waals surface area contributed by atoms with E-state index in [1.165, 1.54) is 37.5 Å². The second-order valence-corrected chi connectivity index (χ2v) is 9.02. The summed E-state index contributed by atoms with van der Waals surface area (Å²) in [7, 11) is 1.38. The topological polar surface area (TPSA) is 114 Å². The molecule has 11 heteroatoms. The Labute approximate surface area is 227 Å². The van der Waals surface area contributed by atoms with Crippen LogP contribution in [0.1, 0.15) is 11.1 Å². The fourth-order valence-corrected chi connectivity index (χ4v) is 4.15. The Hall–Kier alpha value is -4.34. The molecule has 0 aromatic heterocycles. The van der Waals surface area contributed by atoms with E-state index in [4.69, 9.17) is 32.7 Å². The van der Waals surface area contributed by atoms with Crippen LogP contribution in [0.4, 0.5) is 16.2 Å². The number of barbiturate groups is 1. The maximum Gasteiger partial charge on any atom is 0.335 e. The van der Waals surface area contributed by atoms with E-state index >= 15 is 0 Å². The van der Waals surface area contributed by atoms with Crippen molar-refractivity contribution in [3.05, 3.63) is 87.4 Å². The van der Waals surface area contributed by atoms with Crippen molar-refractivity contribution in [3.8, 4) is 11.5 Å². The van der Waals surface area contributed by atoms with Gasteiger partial charge in [-0.3, -0.25) is 19.7 Å². The van der Waals surface area contributed by atoms with Gasteiger partial charge in [-0.25, -0.2) is 9.69 Å². The van der Waals surface area contributed by atoms with Gasteiger partial charge in [0.2, 0.25) is 0 Å². The number of carbonyl (C=O) groups is 4. The number of imide groups is 2. The summed E-state index contributed by atoms with van der Waals surface area (Å²) >= 11 is 12.4. The first-order valence-corrected chi connectivity index (χ1v) is 12.0. The number of hydrogen-bond donors (Lipinski definition) is 2. The average Bonchev–Trinajstić information content (AvgIpc) is 2.85. The van der Waals surface area contributed by atoms with E-state index in [0.717, 1.165) is 10.5 Å².